The maximum absolute atomic E-state index is 11.2. The molecule has 24 heavy (non-hydrogen) atoms. The molecule has 0 spiro atoms. The number of unbranched alkanes of at least 4 members (excludes halogenated alkanes) is 10. The summed E-state index contributed by atoms with van der Waals surface area (Å²) in [5.74, 6) is -0.456. The van der Waals surface area contributed by atoms with Crippen molar-refractivity contribution in [3.8, 4) is 0 Å². The first-order chi connectivity index (χ1) is 11.6. The smallest absolute Gasteiger partial charge is 0.306 e. The molecule has 2 atom stereocenters. The summed E-state index contributed by atoms with van der Waals surface area (Å²) in [6.45, 7) is 3.67. The lowest BCUT2D eigenvalue weighted by Crippen LogP contribution is -2.30. The average Bonchev–Trinajstić information content (AvgIpc) is 2.97. The summed E-state index contributed by atoms with van der Waals surface area (Å²) >= 11 is 0. The van der Waals surface area contributed by atoms with Crippen LogP contribution in [0.5, 0.6) is 0 Å². The fraction of sp³-hybridized carbons (Fsp3) is 0.900. The van der Waals surface area contributed by atoms with Crippen LogP contribution >= 0.6 is 0 Å². The Kier molecular flexibility index (Phi) is 11.6. The Morgan fingerprint density at radius 2 is 1.58 bits per heavy atom. The molecule has 1 fully saturated rings. The summed E-state index contributed by atoms with van der Waals surface area (Å²) in [6, 6.07) is 0. The summed E-state index contributed by atoms with van der Waals surface area (Å²) in [6.07, 6.45) is 15.7. The topological polar surface area (TPSA) is 52.6 Å². The van der Waals surface area contributed by atoms with Gasteiger partial charge in [-0.2, -0.15) is 0 Å². The Labute approximate surface area is 147 Å². The molecule has 0 amide bonds. The lowest BCUT2D eigenvalue weighted by molar-refractivity contribution is -0.160. The van der Waals surface area contributed by atoms with Gasteiger partial charge in [-0.15, -0.1) is 0 Å². The first kappa shape index (κ1) is 21.0. The van der Waals surface area contributed by atoms with Crippen LogP contribution in [0.3, 0.4) is 0 Å². The van der Waals surface area contributed by atoms with Crippen LogP contribution in [0.1, 0.15) is 104 Å². The SMILES string of the molecule is CCCCCCCCCCCCC[C@@H](OC(C)=O)[C@@H]1CCC(=O)O1. The van der Waals surface area contributed by atoms with Gasteiger partial charge in [0.05, 0.1) is 0 Å². The molecule has 0 radical (unpaired) electrons. The van der Waals surface area contributed by atoms with Gasteiger partial charge in [-0.3, -0.25) is 9.59 Å². The Morgan fingerprint density at radius 3 is 2.04 bits per heavy atom. The maximum Gasteiger partial charge on any atom is 0.306 e. The second-order valence-electron chi connectivity index (χ2n) is 7.04. The molecule has 140 valence electrons. The third kappa shape index (κ3) is 9.94. The number of esters is 2. The van der Waals surface area contributed by atoms with Crippen molar-refractivity contribution in [3.63, 3.8) is 0 Å². The van der Waals surface area contributed by atoms with Crippen LogP contribution in [0.15, 0.2) is 0 Å². The molecule has 0 unspecified atom stereocenters. The number of hydrogen-bond acceptors (Lipinski definition) is 4. The molecular formula is C20H36O4. The van der Waals surface area contributed by atoms with Crippen LogP contribution in [-0.4, -0.2) is 24.1 Å². The lowest BCUT2D eigenvalue weighted by atomic mass is 10.0. The molecule has 1 rings (SSSR count). The van der Waals surface area contributed by atoms with E-state index in [1.54, 1.807) is 0 Å². The van der Waals surface area contributed by atoms with Crippen molar-refractivity contribution in [2.45, 2.75) is 116 Å². The molecule has 4 nitrogen and oxygen atoms in total. The summed E-state index contributed by atoms with van der Waals surface area (Å²) in [4.78, 5) is 22.5. The van der Waals surface area contributed by atoms with Crippen LogP contribution in [0, 0.1) is 0 Å². The van der Waals surface area contributed by atoms with Gasteiger partial charge in [0.15, 0.2) is 0 Å². The van der Waals surface area contributed by atoms with E-state index in [0.29, 0.717) is 12.8 Å². The van der Waals surface area contributed by atoms with E-state index >= 15 is 0 Å². The highest BCUT2D eigenvalue weighted by molar-refractivity contribution is 5.71. The first-order valence-corrected chi connectivity index (χ1v) is 10.00. The van der Waals surface area contributed by atoms with E-state index < -0.39 is 0 Å². The van der Waals surface area contributed by atoms with Crippen LogP contribution in [0.4, 0.5) is 0 Å². The van der Waals surface area contributed by atoms with E-state index in [-0.39, 0.29) is 24.1 Å². The molecule has 1 heterocycles. The van der Waals surface area contributed by atoms with Crippen molar-refractivity contribution < 1.29 is 19.1 Å². The number of rotatable bonds is 14. The van der Waals surface area contributed by atoms with Crippen molar-refractivity contribution in [2.75, 3.05) is 0 Å². The number of cyclic esters (lactones) is 1. The lowest BCUT2D eigenvalue weighted by Gasteiger charge is -2.22. The van der Waals surface area contributed by atoms with Crippen LogP contribution in [0.25, 0.3) is 0 Å². The molecule has 0 aromatic heterocycles. The predicted molar refractivity (Wildman–Crippen MR) is 95.7 cm³/mol. The van der Waals surface area contributed by atoms with E-state index in [1.807, 2.05) is 0 Å². The number of carbonyl (C=O) groups is 2. The minimum atomic E-state index is -0.286. The number of hydrogen-bond donors (Lipinski definition) is 0. The Hall–Kier alpha value is -1.06. The van der Waals surface area contributed by atoms with E-state index in [2.05, 4.69) is 6.92 Å². The fourth-order valence-electron chi connectivity index (χ4n) is 3.35. The van der Waals surface area contributed by atoms with Gasteiger partial charge in [-0.1, -0.05) is 71.1 Å². The van der Waals surface area contributed by atoms with Gasteiger partial charge < -0.3 is 9.47 Å². The molecule has 0 aromatic rings. The first-order valence-electron chi connectivity index (χ1n) is 10.00. The highest BCUT2D eigenvalue weighted by Gasteiger charge is 2.32. The second kappa shape index (κ2) is 13.3. The molecule has 0 aliphatic carbocycles. The second-order valence-corrected chi connectivity index (χ2v) is 7.04. The minimum absolute atomic E-state index is 0.170. The van der Waals surface area contributed by atoms with Crippen molar-refractivity contribution in [1.82, 2.24) is 0 Å². The zero-order valence-electron chi connectivity index (χ0n) is 15.7. The monoisotopic (exact) mass is 340 g/mol. The Balaban J connectivity index is 2.02. The van der Waals surface area contributed by atoms with Crippen molar-refractivity contribution in [1.29, 1.82) is 0 Å². The van der Waals surface area contributed by atoms with Gasteiger partial charge in [-0.25, -0.2) is 0 Å². The Morgan fingerprint density at radius 1 is 1.04 bits per heavy atom. The molecule has 0 N–H and O–H groups in total. The normalized spacial score (nSPS) is 18.4. The minimum Gasteiger partial charge on any atom is -0.459 e. The quantitative estimate of drug-likeness (QED) is 0.317. The molecule has 1 saturated heterocycles. The summed E-state index contributed by atoms with van der Waals surface area (Å²) in [5.41, 5.74) is 0. The number of carbonyl (C=O) groups excluding carboxylic acids is 2. The van der Waals surface area contributed by atoms with E-state index in [4.69, 9.17) is 9.47 Å². The molecule has 1 aliphatic heterocycles. The summed E-state index contributed by atoms with van der Waals surface area (Å²) in [7, 11) is 0. The molecule has 4 heteroatoms. The summed E-state index contributed by atoms with van der Waals surface area (Å²) in [5, 5.41) is 0. The maximum atomic E-state index is 11.2. The van der Waals surface area contributed by atoms with Gasteiger partial charge in [0.1, 0.15) is 12.2 Å². The van der Waals surface area contributed by atoms with Crippen LogP contribution in [-0.2, 0) is 19.1 Å². The standard InChI is InChI=1S/C20H36O4/c1-3-4-5-6-7-8-9-10-11-12-13-14-18(23-17(2)21)19-15-16-20(22)24-19/h18-19H,3-16H2,1-2H3/t18-,19+/m1/s1. The van der Waals surface area contributed by atoms with E-state index in [0.717, 1.165) is 19.3 Å². The van der Waals surface area contributed by atoms with Crippen molar-refractivity contribution >= 4 is 11.9 Å². The van der Waals surface area contributed by atoms with E-state index in [9.17, 15) is 9.59 Å². The van der Waals surface area contributed by atoms with Gasteiger partial charge in [-0.05, 0) is 19.3 Å². The fourth-order valence-corrected chi connectivity index (χ4v) is 3.35. The average molecular weight is 341 g/mol. The van der Waals surface area contributed by atoms with Crippen LogP contribution in [0.2, 0.25) is 0 Å². The molecule has 1 aliphatic rings. The molecule has 0 saturated carbocycles. The van der Waals surface area contributed by atoms with Gasteiger partial charge in [0, 0.05) is 13.3 Å². The van der Waals surface area contributed by atoms with E-state index in [1.165, 1.54) is 64.7 Å². The van der Waals surface area contributed by atoms with Gasteiger partial charge in [0.2, 0.25) is 0 Å². The largest absolute Gasteiger partial charge is 0.459 e. The molecule has 0 aromatic carbocycles. The Bertz CT molecular complexity index is 354. The zero-order valence-corrected chi connectivity index (χ0v) is 15.7. The molecule has 0 bridgehead atoms. The summed E-state index contributed by atoms with van der Waals surface area (Å²) < 4.78 is 10.6. The third-order valence-electron chi connectivity index (χ3n) is 4.74. The van der Waals surface area contributed by atoms with Gasteiger partial charge in [0.25, 0.3) is 0 Å². The molecular weight excluding hydrogens is 304 g/mol. The number of ether oxygens (including phenoxy) is 2. The van der Waals surface area contributed by atoms with Crippen LogP contribution < -0.4 is 0 Å². The highest BCUT2D eigenvalue weighted by Crippen LogP contribution is 2.23. The zero-order chi connectivity index (χ0) is 17.6. The highest BCUT2D eigenvalue weighted by atomic mass is 16.6. The van der Waals surface area contributed by atoms with Crippen molar-refractivity contribution in [2.24, 2.45) is 0 Å². The van der Waals surface area contributed by atoms with Gasteiger partial charge >= 0.3 is 11.9 Å². The third-order valence-corrected chi connectivity index (χ3v) is 4.74. The predicted octanol–water partition coefficient (Wildman–Crippen LogP) is 5.32. The van der Waals surface area contributed by atoms with Crippen molar-refractivity contribution in [3.05, 3.63) is 0 Å².